The molecule has 4 bridgehead atoms. The van der Waals surface area contributed by atoms with E-state index in [1.54, 1.807) is 11.1 Å². The summed E-state index contributed by atoms with van der Waals surface area (Å²) in [6.45, 7) is 5.41. The van der Waals surface area contributed by atoms with Gasteiger partial charge in [0.25, 0.3) is 0 Å². The SMILES string of the molecule is c1cc(CC2CC3CCN2CC3)ccc1CC1CC2CCN1CC2. The van der Waals surface area contributed by atoms with Crippen molar-refractivity contribution in [1.29, 1.82) is 0 Å². The summed E-state index contributed by atoms with van der Waals surface area (Å²) in [4.78, 5) is 5.50. The van der Waals surface area contributed by atoms with Gasteiger partial charge in [0.15, 0.2) is 0 Å². The second kappa shape index (κ2) is 6.46. The molecule has 0 radical (unpaired) electrons. The van der Waals surface area contributed by atoms with Crippen LogP contribution in [0, 0.1) is 11.8 Å². The summed E-state index contributed by atoms with van der Waals surface area (Å²) in [5.74, 6) is 2.05. The maximum atomic E-state index is 2.75. The first-order valence-electron chi connectivity index (χ1n) is 10.4. The molecule has 130 valence electrons. The van der Waals surface area contributed by atoms with Gasteiger partial charge in [0.1, 0.15) is 0 Å². The Balaban J connectivity index is 1.20. The average molecular weight is 325 g/mol. The third kappa shape index (κ3) is 3.04. The van der Waals surface area contributed by atoms with Crippen LogP contribution in [0.5, 0.6) is 0 Å². The molecule has 0 aliphatic carbocycles. The Morgan fingerprint density at radius 2 is 1.00 bits per heavy atom. The van der Waals surface area contributed by atoms with Crippen molar-refractivity contribution in [2.24, 2.45) is 11.8 Å². The van der Waals surface area contributed by atoms with Gasteiger partial charge >= 0.3 is 0 Å². The summed E-state index contributed by atoms with van der Waals surface area (Å²) in [7, 11) is 0. The first kappa shape index (κ1) is 15.4. The molecule has 0 spiro atoms. The number of benzene rings is 1. The minimum atomic E-state index is 0.823. The fraction of sp³-hybridized carbons (Fsp3) is 0.727. The Hall–Kier alpha value is -0.860. The van der Waals surface area contributed by atoms with Crippen molar-refractivity contribution >= 4 is 0 Å². The van der Waals surface area contributed by atoms with Gasteiger partial charge < -0.3 is 9.80 Å². The predicted molar refractivity (Wildman–Crippen MR) is 99.3 cm³/mol. The van der Waals surface area contributed by atoms with Crippen LogP contribution >= 0.6 is 0 Å². The van der Waals surface area contributed by atoms with Crippen LogP contribution < -0.4 is 0 Å². The standard InChI is InChI=1S/C22H32N2/c1-2-18(14-22-16-20-7-11-24(22)12-8-20)4-3-17(1)13-21-15-19-5-9-23(21)10-6-19/h1-4,19-22H,5-16H2. The van der Waals surface area contributed by atoms with Crippen molar-refractivity contribution in [2.45, 2.75) is 63.5 Å². The number of hydrogen-bond acceptors (Lipinski definition) is 2. The molecular weight excluding hydrogens is 292 g/mol. The van der Waals surface area contributed by atoms with Crippen LogP contribution in [0.3, 0.4) is 0 Å². The first-order valence-corrected chi connectivity index (χ1v) is 10.4. The van der Waals surface area contributed by atoms with E-state index in [1.807, 2.05) is 0 Å². The second-order valence-electron chi connectivity index (χ2n) is 8.96. The zero-order chi connectivity index (χ0) is 15.9. The van der Waals surface area contributed by atoms with E-state index >= 15 is 0 Å². The van der Waals surface area contributed by atoms with Crippen molar-refractivity contribution in [3.05, 3.63) is 35.4 Å². The molecule has 2 heteroatoms. The monoisotopic (exact) mass is 324 g/mol. The molecule has 0 saturated carbocycles. The lowest BCUT2D eigenvalue weighted by Crippen LogP contribution is -2.49. The highest BCUT2D eigenvalue weighted by atomic mass is 15.2. The van der Waals surface area contributed by atoms with Gasteiger partial charge in [0, 0.05) is 12.1 Å². The largest absolute Gasteiger partial charge is 0.300 e. The van der Waals surface area contributed by atoms with E-state index in [1.165, 1.54) is 77.5 Å². The number of rotatable bonds is 4. The van der Waals surface area contributed by atoms with E-state index in [9.17, 15) is 0 Å². The molecule has 1 aromatic carbocycles. The molecule has 1 aromatic rings. The van der Waals surface area contributed by atoms with Gasteiger partial charge in [-0.15, -0.1) is 0 Å². The van der Waals surface area contributed by atoms with E-state index in [0.29, 0.717) is 0 Å². The van der Waals surface area contributed by atoms with Crippen LogP contribution in [-0.2, 0) is 12.8 Å². The fourth-order valence-electron chi connectivity index (χ4n) is 5.96. The lowest BCUT2D eigenvalue weighted by molar-refractivity contribution is 0.0494. The molecule has 6 fully saturated rings. The molecule has 6 saturated heterocycles. The Morgan fingerprint density at radius 1 is 0.625 bits per heavy atom. The van der Waals surface area contributed by atoms with Crippen LogP contribution in [-0.4, -0.2) is 48.1 Å². The predicted octanol–water partition coefficient (Wildman–Crippen LogP) is 3.74. The molecule has 0 aromatic heterocycles. The number of fused-ring (bicyclic) bond motifs is 6. The Morgan fingerprint density at radius 3 is 1.29 bits per heavy atom. The maximum absolute atomic E-state index is 2.75. The lowest BCUT2D eigenvalue weighted by atomic mass is 9.80. The molecular formula is C22H32N2. The van der Waals surface area contributed by atoms with E-state index in [2.05, 4.69) is 34.1 Å². The quantitative estimate of drug-likeness (QED) is 0.832. The molecule has 2 atom stereocenters. The van der Waals surface area contributed by atoms with Crippen molar-refractivity contribution in [3.63, 3.8) is 0 Å². The van der Waals surface area contributed by atoms with Crippen LogP contribution in [0.2, 0.25) is 0 Å². The summed E-state index contributed by atoms with van der Waals surface area (Å²) in [5.41, 5.74) is 3.11. The van der Waals surface area contributed by atoms with E-state index in [4.69, 9.17) is 0 Å². The van der Waals surface area contributed by atoms with Crippen molar-refractivity contribution in [1.82, 2.24) is 9.80 Å². The molecule has 6 aliphatic heterocycles. The molecule has 2 unspecified atom stereocenters. The van der Waals surface area contributed by atoms with Gasteiger partial charge in [-0.1, -0.05) is 24.3 Å². The molecule has 6 heterocycles. The van der Waals surface area contributed by atoms with Crippen molar-refractivity contribution < 1.29 is 0 Å². The third-order valence-corrected chi connectivity index (χ3v) is 7.51. The number of piperidine rings is 6. The van der Waals surface area contributed by atoms with E-state index < -0.39 is 0 Å². The smallest absolute Gasteiger partial charge is 0.0138 e. The van der Waals surface area contributed by atoms with Gasteiger partial charge in [0.05, 0.1) is 0 Å². The lowest BCUT2D eigenvalue weighted by Gasteiger charge is -2.46. The van der Waals surface area contributed by atoms with Gasteiger partial charge in [-0.25, -0.2) is 0 Å². The van der Waals surface area contributed by atoms with E-state index in [0.717, 1.165) is 23.9 Å². The summed E-state index contributed by atoms with van der Waals surface area (Å²) < 4.78 is 0. The van der Waals surface area contributed by atoms with Crippen molar-refractivity contribution in [3.8, 4) is 0 Å². The van der Waals surface area contributed by atoms with E-state index in [-0.39, 0.29) is 0 Å². The average Bonchev–Trinajstić information content (AvgIpc) is 2.65. The minimum Gasteiger partial charge on any atom is -0.300 e. The minimum absolute atomic E-state index is 0.823. The van der Waals surface area contributed by atoms with Gasteiger partial charge in [0.2, 0.25) is 0 Å². The van der Waals surface area contributed by atoms with Crippen LogP contribution in [0.1, 0.15) is 49.7 Å². The highest BCUT2D eigenvalue weighted by Crippen LogP contribution is 2.34. The third-order valence-electron chi connectivity index (χ3n) is 7.51. The summed E-state index contributed by atoms with van der Waals surface area (Å²) >= 11 is 0. The topological polar surface area (TPSA) is 6.48 Å². The van der Waals surface area contributed by atoms with Crippen LogP contribution in [0.4, 0.5) is 0 Å². The second-order valence-corrected chi connectivity index (χ2v) is 8.96. The zero-order valence-electron chi connectivity index (χ0n) is 15.0. The van der Waals surface area contributed by atoms with Gasteiger partial charge in [-0.05, 0) is 101 Å². The number of nitrogens with zero attached hydrogens (tertiary/aromatic N) is 2. The van der Waals surface area contributed by atoms with Crippen molar-refractivity contribution in [2.75, 3.05) is 26.2 Å². The van der Waals surface area contributed by atoms with Gasteiger partial charge in [-0.3, -0.25) is 0 Å². The first-order chi connectivity index (χ1) is 11.8. The molecule has 0 amide bonds. The molecule has 24 heavy (non-hydrogen) atoms. The summed E-state index contributed by atoms with van der Waals surface area (Å²) in [6, 6.07) is 11.3. The molecule has 0 N–H and O–H groups in total. The zero-order valence-corrected chi connectivity index (χ0v) is 15.0. The Bertz CT molecular complexity index is 499. The maximum Gasteiger partial charge on any atom is 0.0138 e. The molecule has 2 nitrogen and oxygen atoms in total. The molecule has 7 rings (SSSR count). The highest BCUT2D eigenvalue weighted by Gasteiger charge is 2.34. The highest BCUT2D eigenvalue weighted by molar-refractivity contribution is 5.24. The Labute approximate surface area is 147 Å². The van der Waals surface area contributed by atoms with Gasteiger partial charge in [-0.2, -0.15) is 0 Å². The number of hydrogen-bond donors (Lipinski definition) is 0. The van der Waals surface area contributed by atoms with Crippen LogP contribution in [0.15, 0.2) is 24.3 Å². The Kier molecular flexibility index (Phi) is 4.14. The molecule has 6 aliphatic rings. The normalized spacial score (nSPS) is 40.8. The fourth-order valence-corrected chi connectivity index (χ4v) is 5.96. The summed E-state index contributed by atoms with van der Waals surface area (Å²) in [5, 5.41) is 0. The van der Waals surface area contributed by atoms with Crippen LogP contribution in [0.25, 0.3) is 0 Å². The summed E-state index contributed by atoms with van der Waals surface area (Å²) in [6.07, 6.45) is 11.2.